The zero-order valence-electron chi connectivity index (χ0n) is 8.25. The number of carboxylic acids is 1. The van der Waals surface area contributed by atoms with Crippen LogP contribution in [0.25, 0.3) is 0 Å². The van der Waals surface area contributed by atoms with E-state index in [-0.39, 0.29) is 5.69 Å². The molecule has 0 aliphatic carbocycles. The monoisotopic (exact) mass is 253 g/mol. The third kappa shape index (κ3) is 2.56. The van der Waals surface area contributed by atoms with Gasteiger partial charge in [0, 0.05) is 11.1 Å². The van der Waals surface area contributed by atoms with Crippen LogP contribution in [0.5, 0.6) is 0 Å². The van der Waals surface area contributed by atoms with Gasteiger partial charge in [-0.25, -0.2) is 9.78 Å². The van der Waals surface area contributed by atoms with Gasteiger partial charge in [-0.2, -0.15) is 0 Å². The van der Waals surface area contributed by atoms with Gasteiger partial charge in [0.2, 0.25) is 0 Å². The lowest BCUT2D eigenvalue weighted by Crippen LogP contribution is -1.99. The van der Waals surface area contributed by atoms with E-state index in [9.17, 15) is 4.79 Å². The van der Waals surface area contributed by atoms with E-state index in [0.29, 0.717) is 0 Å². The second-order valence-electron chi connectivity index (χ2n) is 2.87. The first-order chi connectivity index (χ1) is 7.65. The van der Waals surface area contributed by atoms with Crippen molar-refractivity contribution in [3.8, 4) is 0 Å². The van der Waals surface area contributed by atoms with Gasteiger partial charge in [0.25, 0.3) is 0 Å². The van der Waals surface area contributed by atoms with E-state index >= 15 is 0 Å². The maximum absolute atomic E-state index is 10.7. The fourth-order valence-corrected chi connectivity index (χ4v) is 2.83. The van der Waals surface area contributed by atoms with Gasteiger partial charge in [0.05, 0.1) is 0 Å². The van der Waals surface area contributed by atoms with Crippen molar-refractivity contribution in [2.75, 3.05) is 0 Å². The van der Waals surface area contributed by atoms with Gasteiger partial charge in [0.15, 0.2) is 4.34 Å². The Bertz CT molecular complexity index is 527. The van der Waals surface area contributed by atoms with Crippen LogP contribution in [-0.4, -0.2) is 26.3 Å². The molecule has 0 bridgehead atoms. The van der Waals surface area contributed by atoms with Gasteiger partial charge in [-0.1, -0.05) is 23.1 Å². The van der Waals surface area contributed by atoms with Gasteiger partial charge in [-0.05, 0) is 19.1 Å². The highest BCUT2D eigenvalue weighted by Crippen LogP contribution is 2.29. The van der Waals surface area contributed by atoms with Crippen molar-refractivity contribution in [2.24, 2.45) is 0 Å². The van der Waals surface area contributed by atoms with E-state index in [1.807, 2.05) is 6.92 Å². The Morgan fingerprint density at radius 1 is 1.50 bits per heavy atom. The summed E-state index contributed by atoms with van der Waals surface area (Å²) in [5.41, 5.74) is 0.0336. The molecule has 2 rings (SSSR count). The number of nitrogens with zero attached hydrogens (tertiary/aromatic N) is 3. The molecule has 7 heteroatoms. The van der Waals surface area contributed by atoms with E-state index in [4.69, 9.17) is 5.11 Å². The largest absolute Gasteiger partial charge is 0.477 e. The van der Waals surface area contributed by atoms with Crippen LogP contribution in [0.2, 0.25) is 0 Å². The highest BCUT2D eigenvalue weighted by atomic mass is 32.2. The van der Waals surface area contributed by atoms with Crippen LogP contribution in [-0.2, 0) is 0 Å². The van der Waals surface area contributed by atoms with Gasteiger partial charge >= 0.3 is 5.97 Å². The third-order valence-electron chi connectivity index (χ3n) is 1.66. The summed E-state index contributed by atoms with van der Waals surface area (Å²) >= 11 is 2.85. The van der Waals surface area contributed by atoms with Gasteiger partial charge in [-0.3, -0.25) is 0 Å². The van der Waals surface area contributed by atoms with Crippen LogP contribution >= 0.6 is 23.1 Å². The molecule has 0 aliphatic heterocycles. The molecule has 16 heavy (non-hydrogen) atoms. The van der Waals surface area contributed by atoms with E-state index in [1.165, 1.54) is 35.4 Å². The molecule has 0 radical (unpaired) electrons. The van der Waals surface area contributed by atoms with E-state index in [1.54, 1.807) is 6.07 Å². The first-order valence-electron chi connectivity index (χ1n) is 4.32. The Morgan fingerprint density at radius 2 is 2.31 bits per heavy atom. The second kappa shape index (κ2) is 4.58. The first-order valence-corrected chi connectivity index (χ1v) is 5.96. The molecule has 0 aromatic carbocycles. The minimum Gasteiger partial charge on any atom is -0.477 e. The molecule has 5 nitrogen and oxygen atoms in total. The summed E-state index contributed by atoms with van der Waals surface area (Å²) in [6.45, 7) is 1.87. The predicted octanol–water partition coefficient (Wildman–Crippen LogP) is 2.09. The molecule has 0 fully saturated rings. The molecule has 0 unspecified atom stereocenters. The predicted molar refractivity (Wildman–Crippen MR) is 60.0 cm³/mol. The molecular weight excluding hydrogens is 246 g/mol. The van der Waals surface area contributed by atoms with Gasteiger partial charge < -0.3 is 5.11 Å². The van der Waals surface area contributed by atoms with E-state index in [0.717, 1.165) is 14.2 Å². The van der Waals surface area contributed by atoms with Crippen molar-refractivity contribution in [3.05, 3.63) is 29.0 Å². The average molecular weight is 253 g/mol. The van der Waals surface area contributed by atoms with Crippen molar-refractivity contribution in [2.45, 2.75) is 16.2 Å². The number of aryl methyl sites for hydroxylation is 1. The fraction of sp³-hybridized carbons (Fsp3) is 0.111. The third-order valence-corrected chi connectivity index (χ3v) is 3.54. The SMILES string of the molecule is Cc1nnc(Sc2ccnc(C(=O)O)c2)s1. The maximum Gasteiger partial charge on any atom is 0.354 e. The molecule has 0 atom stereocenters. The minimum atomic E-state index is -1.03. The number of carboxylic acid groups (broad SMARTS) is 1. The second-order valence-corrected chi connectivity index (χ2v) is 5.37. The van der Waals surface area contributed by atoms with Crippen molar-refractivity contribution >= 4 is 29.1 Å². The number of pyridine rings is 1. The maximum atomic E-state index is 10.7. The number of hydrogen-bond donors (Lipinski definition) is 1. The number of hydrogen-bond acceptors (Lipinski definition) is 6. The lowest BCUT2D eigenvalue weighted by Gasteiger charge is -1.97. The summed E-state index contributed by atoms with van der Waals surface area (Å²) in [5, 5.41) is 17.5. The zero-order valence-corrected chi connectivity index (χ0v) is 9.88. The average Bonchev–Trinajstić information content (AvgIpc) is 2.64. The molecule has 0 saturated heterocycles. The molecule has 2 aromatic rings. The Kier molecular flexibility index (Phi) is 3.16. The lowest BCUT2D eigenvalue weighted by molar-refractivity contribution is 0.0690. The molecule has 0 spiro atoms. The summed E-state index contributed by atoms with van der Waals surface area (Å²) in [6.07, 6.45) is 1.47. The lowest BCUT2D eigenvalue weighted by atomic mass is 10.4. The van der Waals surface area contributed by atoms with Crippen molar-refractivity contribution in [1.82, 2.24) is 15.2 Å². The Labute approximate surface area is 99.6 Å². The number of rotatable bonds is 3. The highest BCUT2D eigenvalue weighted by Gasteiger charge is 2.08. The summed E-state index contributed by atoms with van der Waals surface area (Å²) in [7, 11) is 0. The molecule has 2 heterocycles. The molecular formula is C9H7N3O2S2. The van der Waals surface area contributed by atoms with Crippen LogP contribution in [0.3, 0.4) is 0 Å². The smallest absolute Gasteiger partial charge is 0.354 e. The van der Waals surface area contributed by atoms with E-state index in [2.05, 4.69) is 15.2 Å². The van der Waals surface area contributed by atoms with Crippen LogP contribution in [0, 0.1) is 6.92 Å². The molecule has 1 N–H and O–H groups in total. The minimum absolute atomic E-state index is 0.0336. The summed E-state index contributed by atoms with van der Waals surface area (Å²) in [6, 6.07) is 3.26. The van der Waals surface area contributed by atoms with Crippen LogP contribution < -0.4 is 0 Å². The summed E-state index contributed by atoms with van der Waals surface area (Å²) in [4.78, 5) is 15.2. The molecule has 2 aromatic heterocycles. The van der Waals surface area contributed by atoms with Crippen molar-refractivity contribution in [3.63, 3.8) is 0 Å². The number of aromatic carboxylic acids is 1. The van der Waals surface area contributed by atoms with Gasteiger partial charge in [-0.15, -0.1) is 10.2 Å². The topological polar surface area (TPSA) is 76.0 Å². The Balaban J connectivity index is 2.21. The van der Waals surface area contributed by atoms with Crippen molar-refractivity contribution in [1.29, 1.82) is 0 Å². The molecule has 0 amide bonds. The Morgan fingerprint density at radius 3 is 2.94 bits per heavy atom. The summed E-state index contributed by atoms with van der Waals surface area (Å²) in [5.74, 6) is -1.03. The first kappa shape index (κ1) is 11.0. The van der Waals surface area contributed by atoms with E-state index < -0.39 is 5.97 Å². The number of aromatic nitrogens is 3. The Hall–Kier alpha value is -1.47. The van der Waals surface area contributed by atoms with Gasteiger partial charge in [0.1, 0.15) is 10.7 Å². The zero-order chi connectivity index (χ0) is 11.5. The molecule has 0 aliphatic rings. The quantitative estimate of drug-likeness (QED) is 0.902. The van der Waals surface area contributed by atoms with Crippen LogP contribution in [0.4, 0.5) is 0 Å². The standard InChI is InChI=1S/C9H7N3O2S2/c1-5-11-12-9(15-5)16-6-2-3-10-7(4-6)8(13)14/h2-4H,1H3,(H,13,14). The molecule has 82 valence electrons. The highest BCUT2D eigenvalue weighted by molar-refractivity contribution is 8.01. The summed E-state index contributed by atoms with van der Waals surface area (Å²) < 4.78 is 0.792. The van der Waals surface area contributed by atoms with Crippen LogP contribution in [0.1, 0.15) is 15.5 Å². The molecule has 0 saturated carbocycles. The number of carbonyl (C=O) groups is 1. The normalized spacial score (nSPS) is 10.3. The van der Waals surface area contributed by atoms with Crippen molar-refractivity contribution < 1.29 is 9.90 Å². The van der Waals surface area contributed by atoms with Crippen LogP contribution in [0.15, 0.2) is 27.6 Å². The fourth-order valence-electron chi connectivity index (χ4n) is 1.01.